The number of nitrogens with zero attached hydrogens (tertiary/aromatic N) is 1. The number of hydrogen-bond donors (Lipinski definition) is 1. The molecule has 1 rings (SSSR count). The van der Waals surface area contributed by atoms with Gasteiger partial charge in [-0.25, -0.2) is 0 Å². The number of ether oxygens (including phenoxy) is 1. The average molecular weight is 290 g/mol. The van der Waals surface area contributed by atoms with Crippen molar-refractivity contribution in [2.24, 2.45) is 5.10 Å². The van der Waals surface area contributed by atoms with Gasteiger partial charge in [-0.05, 0) is 25.3 Å². The van der Waals surface area contributed by atoms with E-state index in [1.54, 1.807) is 25.3 Å². The molecule has 0 bridgehead atoms. The topological polar surface area (TPSA) is 84.8 Å². The smallest absolute Gasteiger partial charge is 0.311 e. The molecule has 0 aliphatic carbocycles. The van der Waals surface area contributed by atoms with Crippen molar-refractivity contribution < 1.29 is 17.9 Å². The van der Waals surface area contributed by atoms with E-state index in [1.165, 1.54) is 6.07 Å². The molecule has 0 fully saturated rings. The Morgan fingerprint density at radius 2 is 2.28 bits per heavy atom. The van der Waals surface area contributed by atoms with E-state index in [4.69, 9.17) is 4.74 Å². The maximum Gasteiger partial charge on any atom is 0.311 e. The van der Waals surface area contributed by atoms with Gasteiger partial charge in [-0.2, -0.15) is 18.4 Å². The minimum atomic E-state index is -3.63. The predicted molar refractivity (Wildman–Crippen MR) is 69.0 cm³/mol. The molecule has 100 valence electrons. The van der Waals surface area contributed by atoms with Crippen molar-refractivity contribution >= 4 is 33.0 Å². The Morgan fingerprint density at radius 1 is 1.56 bits per heavy atom. The molecule has 0 aliphatic heterocycles. The first kappa shape index (κ1) is 14.7. The Bertz CT molecular complexity index is 520. The van der Waals surface area contributed by atoms with Crippen LogP contribution in [0.1, 0.15) is 20.3 Å². The van der Waals surface area contributed by atoms with Gasteiger partial charge in [0.2, 0.25) is 0 Å². The molecule has 6 nitrogen and oxygen atoms in total. The fourth-order valence-electron chi connectivity index (χ4n) is 1.06. The number of hydrazone groups is 1. The molecule has 0 saturated carbocycles. The molecule has 1 aromatic rings. The molecule has 1 aromatic heterocycles. The van der Waals surface area contributed by atoms with Crippen LogP contribution in [0.3, 0.4) is 0 Å². The molecule has 0 aliphatic rings. The van der Waals surface area contributed by atoms with E-state index in [2.05, 4.69) is 9.93 Å². The number of rotatable bonds is 6. The van der Waals surface area contributed by atoms with Gasteiger partial charge in [0.1, 0.15) is 4.21 Å². The maximum absolute atomic E-state index is 11.7. The molecule has 1 N–H and O–H groups in total. The van der Waals surface area contributed by atoms with Gasteiger partial charge < -0.3 is 4.74 Å². The molecule has 0 radical (unpaired) electrons. The molecule has 0 atom stereocenters. The largest absolute Gasteiger partial charge is 0.466 e. The summed E-state index contributed by atoms with van der Waals surface area (Å²) in [5.41, 5.74) is 0.341. The van der Waals surface area contributed by atoms with Crippen LogP contribution in [0.5, 0.6) is 0 Å². The van der Waals surface area contributed by atoms with E-state index in [9.17, 15) is 13.2 Å². The summed E-state index contributed by atoms with van der Waals surface area (Å²) in [6.45, 7) is 3.53. The van der Waals surface area contributed by atoms with Crippen molar-refractivity contribution in [2.75, 3.05) is 6.61 Å². The Hall–Kier alpha value is -1.41. The fraction of sp³-hybridized carbons (Fsp3) is 0.400. The van der Waals surface area contributed by atoms with Crippen LogP contribution in [0.25, 0.3) is 0 Å². The molecule has 18 heavy (non-hydrogen) atoms. The van der Waals surface area contributed by atoms with Crippen LogP contribution in [0.4, 0.5) is 0 Å². The van der Waals surface area contributed by atoms with Crippen molar-refractivity contribution in [3.63, 3.8) is 0 Å². The Kier molecular flexibility index (Phi) is 5.29. The van der Waals surface area contributed by atoms with Gasteiger partial charge in [0.25, 0.3) is 10.0 Å². The number of nitrogens with one attached hydrogen (secondary N) is 1. The SMILES string of the molecule is CCOC(=O)C/C(C)=N/NS(=O)(=O)c1cccs1. The van der Waals surface area contributed by atoms with Crippen LogP contribution >= 0.6 is 11.3 Å². The third-order valence-electron chi connectivity index (χ3n) is 1.82. The lowest BCUT2D eigenvalue weighted by molar-refractivity contribution is -0.141. The third kappa shape index (κ3) is 4.46. The summed E-state index contributed by atoms with van der Waals surface area (Å²) in [4.78, 5) is 13.2. The third-order valence-corrected chi connectivity index (χ3v) is 4.43. The first-order chi connectivity index (χ1) is 8.45. The van der Waals surface area contributed by atoms with Crippen LogP contribution in [0.15, 0.2) is 26.8 Å². The fourth-order valence-corrected chi connectivity index (χ4v) is 2.92. The maximum atomic E-state index is 11.7. The summed E-state index contributed by atoms with van der Waals surface area (Å²) in [5.74, 6) is -0.436. The number of carbonyl (C=O) groups is 1. The van der Waals surface area contributed by atoms with Crippen LogP contribution in [-0.4, -0.2) is 26.7 Å². The van der Waals surface area contributed by atoms with Crippen molar-refractivity contribution in [3.8, 4) is 0 Å². The van der Waals surface area contributed by atoms with Crippen LogP contribution in [0, 0.1) is 0 Å². The second kappa shape index (κ2) is 6.50. The minimum Gasteiger partial charge on any atom is -0.466 e. The van der Waals surface area contributed by atoms with Gasteiger partial charge in [0.05, 0.1) is 13.0 Å². The van der Waals surface area contributed by atoms with Gasteiger partial charge >= 0.3 is 5.97 Å². The van der Waals surface area contributed by atoms with Gasteiger partial charge in [-0.3, -0.25) is 4.79 Å². The van der Waals surface area contributed by atoms with E-state index in [1.807, 2.05) is 0 Å². The van der Waals surface area contributed by atoms with Gasteiger partial charge in [-0.1, -0.05) is 6.07 Å². The molecular formula is C10H14N2O4S2. The first-order valence-electron chi connectivity index (χ1n) is 5.20. The molecule has 0 unspecified atom stereocenters. The van der Waals surface area contributed by atoms with E-state index in [-0.39, 0.29) is 17.2 Å². The lowest BCUT2D eigenvalue weighted by Crippen LogP contribution is -2.20. The van der Waals surface area contributed by atoms with Gasteiger partial charge in [0.15, 0.2) is 0 Å². The highest BCUT2D eigenvalue weighted by atomic mass is 32.2. The number of thiophene rings is 1. The van der Waals surface area contributed by atoms with Crippen molar-refractivity contribution in [1.82, 2.24) is 4.83 Å². The summed E-state index contributed by atoms with van der Waals surface area (Å²) in [7, 11) is -3.63. The minimum absolute atomic E-state index is 0.0409. The molecule has 0 spiro atoms. The molecule has 0 saturated heterocycles. The van der Waals surface area contributed by atoms with Crippen LogP contribution in [-0.2, 0) is 19.6 Å². The van der Waals surface area contributed by atoms with Crippen molar-refractivity contribution in [3.05, 3.63) is 17.5 Å². The van der Waals surface area contributed by atoms with E-state index in [0.29, 0.717) is 5.71 Å². The average Bonchev–Trinajstić information content (AvgIpc) is 2.81. The van der Waals surface area contributed by atoms with Crippen molar-refractivity contribution in [2.45, 2.75) is 24.5 Å². The van der Waals surface area contributed by atoms with E-state index >= 15 is 0 Å². The van der Waals surface area contributed by atoms with Crippen LogP contribution in [0.2, 0.25) is 0 Å². The number of esters is 1. The first-order valence-corrected chi connectivity index (χ1v) is 7.56. The van der Waals surface area contributed by atoms with Crippen LogP contribution < -0.4 is 4.83 Å². The monoisotopic (exact) mass is 290 g/mol. The number of sulfonamides is 1. The second-order valence-corrected chi connectivity index (χ2v) is 6.19. The Labute approximate surface area is 110 Å². The Morgan fingerprint density at radius 3 is 2.83 bits per heavy atom. The second-order valence-electron chi connectivity index (χ2n) is 3.36. The standard InChI is InChI=1S/C10H14N2O4S2/c1-3-16-9(13)7-8(2)11-12-18(14,15)10-5-4-6-17-10/h4-6,12H,3,7H2,1-2H3/b11-8+. The normalized spacial score (nSPS) is 12.2. The van der Waals surface area contributed by atoms with Gasteiger partial charge in [0, 0.05) is 5.71 Å². The Balaban J connectivity index is 2.61. The predicted octanol–water partition coefficient (Wildman–Crippen LogP) is 1.36. The quantitative estimate of drug-likeness (QED) is 0.487. The molecule has 0 aromatic carbocycles. The summed E-state index contributed by atoms with van der Waals surface area (Å²) in [6, 6.07) is 3.11. The highest BCUT2D eigenvalue weighted by Crippen LogP contribution is 2.15. The number of carbonyl (C=O) groups excluding carboxylic acids is 1. The number of hydrogen-bond acceptors (Lipinski definition) is 6. The zero-order valence-corrected chi connectivity index (χ0v) is 11.7. The molecular weight excluding hydrogens is 276 g/mol. The molecule has 8 heteroatoms. The van der Waals surface area contributed by atoms with Gasteiger partial charge in [-0.15, -0.1) is 11.3 Å². The van der Waals surface area contributed by atoms with E-state index < -0.39 is 16.0 Å². The lowest BCUT2D eigenvalue weighted by Gasteiger charge is -2.03. The zero-order valence-electron chi connectivity index (χ0n) is 10.0. The molecule has 0 amide bonds. The van der Waals surface area contributed by atoms with Crippen molar-refractivity contribution in [1.29, 1.82) is 0 Å². The molecule has 1 heterocycles. The summed E-state index contributed by atoms with van der Waals surface area (Å²) in [5, 5.41) is 5.32. The summed E-state index contributed by atoms with van der Waals surface area (Å²) >= 11 is 1.09. The highest BCUT2D eigenvalue weighted by Gasteiger charge is 2.14. The zero-order chi connectivity index (χ0) is 13.6. The highest BCUT2D eigenvalue weighted by molar-refractivity contribution is 7.91. The van der Waals surface area contributed by atoms with E-state index in [0.717, 1.165) is 11.3 Å². The summed E-state index contributed by atoms with van der Waals surface area (Å²) in [6.07, 6.45) is -0.0409. The lowest BCUT2D eigenvalue weighted by atomic mass is 10.3. The summed E-state index contributed by atoms with van der Waals surface area (Å²) < 4.78 is 28.3.